The highest BCUT2D eigenvalue weighted by Gasteiger charge is 2.06. The summed E-state index contributed by atoms with van der Waals surface area (Å²) in [7, 11) is 0. The molecular weight excluding hydrogens is 296 g/mol. The van der Waals surface area contributed by atoms with E-state index >= 15 is 0 Å². The summed E-state index contributed by atoms with van der Waals surface area (Å²) in [5, 5.41) is 14.3. The van der Waals surface area contributed by atoms with Crippen LogP contribution in [0.5, 0.6) is 0 Å². The molecule has 18 heavy (non-hydrogen) atoms. The minimum Gasteiger partial charge on any atom is -0.396 e. The molecule has 0 saturated heterocycles. The standard InChI is InChI=1S/C13H19BrN2O2/c1-10(3-2-8-17)16-13(18)15-9-11-4-6-12(14)7-5-11/h4-7,10,17H,2-3,8-9H2,1H3,(H2,15,16,18). The molecule has 0 aliphatic carbocycles. The maximum Gasteiger partial charge on any atom is 0.315 e. The lowest BCUT2D eigenvalue weighted by molar-refractivity contribution is 0.234. The lowest BCUT2D eigenvalue weighted by Gasteiger charge is -2.14. The van der Waals surface area contributed by atoms with Crippen molar-refractivity contribution in [2.24, 2.45) is 0 Å². The van der Waals surface area contributed by atoms with Crippen LogP contribution in [0.3, 0.4) is 0 Å². The second-order valence-electron chi connectivity index (χ2n) is 4.22. The Bertz CT molecular complexity index is 368. The van der Waals surface area contributed by atoms with Gasteiger partial charge < -0.3 is 15.7 Å². The summed E-state index contributed by atoms with van der Waals surface area (Å²) in [5.41, 5.74) is 1.05. The van der Waals surface area contributed by atoms with Crippen LogP contribution >= 0.6 is 15.9 Å². The molecule has 100 valence electrons. The van der Waals surface area contributed by atoms with Crippen LogP contribution in [0.15, 0.2) is 28.7 Å². The van der Waals surface area contributed by atoms with E-state index in [1.807, 2.05) is 31.2 Å². The highest BCUT2D eigenvalue weighted by Crippen LogP contribution is 2.10. The molecule has 1 rings (SSSR count). The van der Waals surface area contributed by atoms with Gasteiger partial charge in [0.15, 0.2) is 0 Å². The molecule has 0 aromatic heterocycles. The average Bonchev–Trinajstić information content (AvgIpc) is 2.35. The van der Waals surface area contributed by atoms with Crippen molar-refractivity contribution in [3.63, 3.8) is 0 Å². The average molecular weight is 315 g/mol. The van der Waals surface area contributed by atoms with E-state index in [4.69, 9.17) is 5.11 Å². The maximum absolute atomic E-state index is 11.6. The molecule has 1 aromatic carbocycles. The third kappa shape index (κ3) is 6.02. The van der Waals surface area contributed by atoms with Crippen LogP contribution in [-0.2, 0) is 6.54 Å². The number of benzene rings is 1. The Morgan fingerprint density at radius 1 is 1.39 bits per heavy atom. The molecule has 0 fully saturated rings. The number of halogens is 1. The van der Waals surface area contributed by atoms with E-state index in [9.17, 15) is 4.79 Å². The SMILES string of the molecule is CC(CCCO)NC(=O)NCc1ccc(Br)cc1. The van der Waals surface area contributed by atoms with E-state index in [0.29, 0.717) is 13.0 Å². The van der Waals surface area contributed by atoms with Gasteiger partial charge in [0.05, 0.1) is 0 Å². The Hall–Kier alpha value is -1.07. The molecule has 1 atom stereocenters. The lowest BCUT2D eigenvalue weighted by atomic mass is 10.2. The summed E-state index contributed by atoms with van der Waals surface area (Å²) >= 11 is 3.36. The van der Waals surface area contributed by atoms with Gasteiger partial charge in [-0.15, -0.1) is 0 Å². The van der Waals surface area contributed by atoms with Crippen molar-refractivity contribution in [3.05, 3.63) is 34.3 Å². The molecule has 2 amide bonds. The number of aliphatic hydroxyl groups is 1. The van der Waals surface area contributed by atoms with Crippen LogP contribution in [-0.4, -0.2) is 23.8 Å². The van der Waals surface area contributed by atoms with Crippen molar-refractivity contribution in [1.82, 2.24) is 10.6 Å². The molecule has 1 aromatic rings. The molecule has 0 aliphatic heterocycles. The predicted molar refractivity (Wildman–Crippen MR) is 75.3 cm³/mol. The number of hydrogen-bond acceptors (Lipinski definition) is 2. The zero-order chi connectivity index (χ0) is 13.4. The minimum atomic E-state index is -0.177. The highest BCUT2D eigenvalue weighted by atomic mass is 79.9. The molecule has 0 heterocycles. The van der Waals surface area contributed by atoms with Crippen molar-refractivity contribution in [1.29, 1.82) is 0 Å². The minimum absolute atomic E-state index is 0.0714. The predicted octanol–water partition coefficient (Wildman–Crippen LogP) is 2.41. The molecule has 3 N–H and O–H groups in total. The number of carbonyl (C=O) groups is 1. The Morgan fingerprint density at radius 3 is 2.67 bits per heavy atom. The van der Waals surface area contributed by atoms with E-state index in [2.05, 4.69) is 26.6 Å². The van der Waals surface area contributed by atoms with Gasteiger partial charge in [-0.1, -0.05) is 28.1 Å². The van der Waals surface area contributed by atoms with Crippen molar-refractivity contribution >= 4 is 22.0 Å². The topological polar surface area (TPSA) is 61.4 Å². The normalized spacial score (nSPS) is 11.9. The summed E-state index contributed by atoms with van der Waals surface area (Å²) in [5.74, 6) is 0. The van der Waals surface area contributed by atoms with E-state index in [1.54, 1.807) is 0 Å². The van der Waals surface area contributed by atoms with Crippen molar-refractivity contribution < 1.29 is 9.90 Å². The molecule has 0 aliphatic rings. The molecule has 1 unspecified atom stereocenters. The lowest BCUT2D eigenvalue weighted by Crippen LogP contribution is -2.40. The van der Waals surface area contributed by atoms with E-state index in [-0.39, 0.29) is 18.7 Å². The molecule has 5 heteroatoms. The third-order valence-electron chi connectivity index (χ3n) is 2.54. The second-order valence-corrected chi connectivity index (χ2v) is 5.14. The Morgan fingerprint density at radius 2 is 2.06 bits per heavy atom. The van der Waals surface area contributed by atoms with Crippen LogP contribution in [0.2, 0.25) is 0 Å². The largest absolute Gasteiger partial charge is 0.396 e. The quantitative estimate of drug-likeness (QED) is 0.755. The summed E-state index contributed by atoms with van der Waals surface area (Å²) < 4.78 is 1.02. The Labute approximate surface area is 116 Å². The fourth-order valence-corrected chi connectivity index (χ4v) is 1.79. The number of carbonyl (C=O) groups excluding carboxylic acids is 1. The van der Waals surface area contributed by atoms with E-state index in [1.165, 1.54) is 0 Å². The monoisotopic (exact) mass is 314 g/mol. The molecule has 0 saturated carbocycles. The Kier molecular flexibility index (Phi) is 6.75. The molecule has 0 spiro atoms. The fraction of sp³-hybridized carbons (Fsp3) is 0.462. The van der Waals surface area contributed by atoms with Crippen LogP contribution < -0.4 is 10.6 Å². The van der Waals surface area contributed by atoms with Gasteiger partial charge in [-0.2, -0.15) is 0 Å². The Balaban J connectivity index is 2.26. The van der Waals surface area contributed by atoms with Gasteiger partial charge in [-0.3, -0.25) is 0 Å². The van der Waals surface area contributed by atoms with Crippen LogP contribution in [0, 0.1) is 0 Å². The first-order valence-corrected chi connectivity index (χ1v) is 6.81. The van der Waals surface area contributed by atoms with Crippen LogP contribution in [0.4, 0.5) is 4.79 Å². The number of hydrogen-bond donors (Lipinski definition) is 3. The van der Waals surface area contributed by atoms with Gasteiger partial charge in [0.25, 0.3) is 0 Å². The van der Waals surface area contributed by atoms with Gasteiger partial charge in [0.2, 0.25) is 0 Å². The van der Waals surface area contributed by atoms with Gasteiger partial charge in [-0.05, 0) is 37.5 Å². The molecule has 4 nitrogen and oxygen atoms in total. The number of amides is 2. The highest BCUT2D eigenvalue weighted by molar-refractivity contribution is 9.10. The summed E-state index contributed by atoms with van der Waals surface area (Å²) in [6.07, 6.45) is 1.48. The number of aliphatic hydroxyl groups excluding tert-OH is 1. The van der Waals surface area contributed by atoms with E-state index in [0.717, 1.165) is 16.5 Å². The smallest absolute Gasteiger partial charge is 0.315 e. The first kappa shape index (κ1) is 15.0. The second kappa shape index (κ2) is 8.11. The van der Waals surface area contributed by atoms with E-state index < -0.39 is 0 Å². The molecule has 0 radical (unpaired) electrons. The maximum atomic E-state index is 11.6. The third-order valence-corrected chi connectivity index (χ3v) is 3.07. The van der Waals surface area contributed by atoms with Crippen molar-refractivity contribution in [2.45, 2.75) is 32.4 Å². The van der Waals surface area contributed by atoms with Crippen molar-refractivity contribution in [3.8, 4) is 0 Å². The number of urea groups is 1. The summed E-state index contributed by atoms with van der Waals surface area (Å²) in [6.45, 7) is 2.59. The molecular formula is C13H19BrN2O2. The van der Waals surface area contributed by atoms with Crippen LogP contribution in [0.1, 0.15) is 25.3 Å². The van der Waals surface area contributed by atoms with Gasteiger partial charge >= 0.3 is 6.03 Å². The zero-order valence-electron chi connectivity index (χ0n) is 10.4. The zero-order valence-corrected chi connectivity index (χ0v) is 12.0. The fourth-order valence-electron chi connectivity index (χ4n) is 1.53. The first-order chi connectivity index (χ1) is 8.61. The van der Waals surface area contributed by atoms with Crippen molar-refractivity contribution in [2.75, 3.05) is 6.61 Å². The van der Waals surface area contributed by atoms with Gasteiger partial charge in [0.1, 0.15) is 0 Å². The molecule has 0 bridgehead atoms. The van der Waals surface area contributed by atoms with Gasteiger partial charge in [-0.25, -0.2) is 4.79 Å². The first-order valence-electron chi connectivity index (χ1n) is 6.01. The van der Waals surface area contributed by atoms with Gasteiger partial charge in [0, 0.05) is 23.7 Å². The van der Waals surface area contributed by atoms with Crippen LogP contribution in [0.25, 0.3) is 0 Å². The summed E-state index contributed by atoms with van der Waals surface area (Å²) in [4.78, 5) is 11.6. The summed E-state index contributed by atoms with van der Waals surface area (Å²) in [6, 6.07) is 7.70. The number of nitrogens with one attached hydrogen (secondary N) is 2. The number of rotatable bonds is 6.